The van der Waals surface area contributed by atoms with Crippen LogP contribution in [-0.2, 0) is 19.7 Å². The van der Waals surface area contributed by atoms with E-state index in [1.807, 2.05) is 0 Å². The van der Waals surface area contributed by atoms with E-state index in [-0.39, 0.29) is 18.8 Å². The lowest BCUT2D eigenvalue weighted by Crippen LogP contribution is -2.50. The van der Waals surface area contributed by atoms with Crippen molar-refractivity contribution in [3.8, 4) is 0 Å². The van der Waals surface area contributed by atoms with E-state index in [0.29, 0.717) is 18.2 Å². The van der Waals surface area contributed by atoms with E-state index in [9.17, 15) is 13.2 Å². The molecule has 0 bridgehead atoms. The fourth-order valence-corrected chi connectivity index (χ4v) is 3.63. The lowest BCUT2D eigenvalue weighted by molar-refractivity contribution is -0.135. The second-order valence-electron chi connectivity index (χ2n) is 4.40. The summed E-state index contributed by atoms with van der Waals surface area (Å²) in [6.07, 6.45) is 0. The number of aliphatic carboxylic acids is 1. The topological polar surface area (TPSA) is 87.2 Å². The lowest BCUT2D eigenvalue weighted by atomic mass is 10.3. The van der Waals surface area contributed by atoms with Gasteiger partial charge in [-0.25, -0.2) is 4.31 Å². The molecule has 0 atom stereocenters. The molecule has 1 saturated heterocycles. The maximum absolute atomic E-state index is 12.6. The molecule has 0 aromatic heterocycles. The molecule has 116 valence electrons. The molecular formula is C12H15ClN2O5S. The summed E-state index contributed by atoms with van der Waals surface area (Å²) in [6, 6.07) is 5.98. The second kappa shape index (κ2) is 6.61. The van der Waals surface area contributed by atoms with Crippen molar-refractivity contribution in [2.45, 2.75) is 0 Å². The van der Waals surface area contributed by atoms with E-state index >= 15 is 0 Å². The minimum absolute atomic E-state index is 0.200. The van der Waals surface area contributed by atoms with Gasteiger partial charge in [0.25, 0.3) is 0 Å². The highest BCUT2D eigenvalue weighted by atomic mass is 35.5. The first-order valence-electron chi connectivity index (χ1n) is 6.24. The Morgan fingerprint density at radius 3 is 2.38 bits per heavy atom. The standard InChI is InChI=1S/C12H15ClN2O5S/c13-10-1-3-11(4-2-10)15(9-12(16)17)21(18,19)14-5-7-20-8-6-14/h1-4H,5-9H2,(H,16,17). The van der Waals surface area contributed by atoms with Gasteiger partial charge in [0.1, 0.15) is 6.54 Å². The SMILES string of the molecule is O=C(O)CN(c1ccc(Cl)cc1)S(=O)(=O)N1CCOCC1. The predicted octanol–water partition coefficient (Wildman–Crippen LogP) is 0.808. The van der Waals surface area contributed by atoms with Crippen molar-refractivity contribution < 1.29 is 23.1 Å². The van der Waals surface area contributed by atoms with Crippen LogP contribution in [0, 0.1) is 0 Å². The summed E-state index contributed by atoms with van der Waals surface area (Å²) < 4.78 is 32.4. The van der Waals surface area contributed by atoms with Gasteiger partial charge in [0.15, 0.2) is 0 Å². The minimum atomic E-state index is -3.92. The van der Waals surface area contributed by atoms with Crippen molar-refractivity contribution in [1.82, 2.24) is 4.31 Å². The molecule has 9 heteroatoms. The van der Waals surface area contributed by atoms with Gasteiger partial charge in [-0.15, -0.1) is 0 Å². The van der Waals surface area contributed by atoms with Crippen molar-refractivity contribution in [2.75, 3.05) is 37.2 Å². The number of carbonyl (C=O) groups is 1. The quantitative estimate of drug-likeness (QED) is 0.861. The van der Waals surface area contributed by atoms with Gasteiger partial charge in [0.2, 0.25) is 0 Å². The second-order valence-corrected chi connectivity index (χ2v) is 6.69. The van der Waals surface area contributed by atoms with Crippen LogP contribution in [0.25, 0.3) is 0 Å². The number of carboxylic acids is 1. The number of carboxylic acid groups (broad SMARTS) is 1. The van der Waals surface area contributed by atoms with Crippen LogP contribution in [-0.4, -0.2) is 56.6 Å². The Bertz CT molecular complexity index is 599. The molecule has 0 amide bonds. The Morgan fingerprint density at radius 1 is 1.29 bits per heavy atom. The number of morpholine rings is 1. The summed E-state index contributed by atoms with van der Waals surface area (Å²) in [4.78, 5) is 11.0. The largest absolute Gasteiger partial charge is 0.480 e. The average Bonchev–Trinajstić information content (AvgIpc) is 2.46. The van der Waals surface area contributed by atoms with Crippen LogP contribution in [0.5, 0.6) is 0 Å². The highest BCUT2D eigenvalue weighted by molar-refractivity contribution is 7.90. The van der Waals surface area contributed by atoms with Gasteiger partial charge in [-0.3, -0.25) is 4.79 Å². The third-order valence-electron chi connectivity index (χ3n) is 2.97. The van der Waals surface area contributed by atoms with Gasteiger partial charge in [0.05, 0.1) is 18.9 Å². The molecule has 7 nitrogen and oxygen atoms in total. The molecule has 21 heavy (non-hydrogen) atoms. The summed E-state index contributed by atoms with van der Waals surface area (Å²) in [5.41, 5.74) is 0.258. The van der Waals surface area contributed by atoms with Gasteiger partial charge in [-0.05, 0) is 24.3 Å². The number of rotatable bonds is 5. The smallest absolute Gasteiger partial charge is 0.324 e. The maximum atomic E-state index is 12.6. The van der Waals surface area contributed by atoms with Gasteiger partial charge in [-0.2, -0.15) is 12.7 Å². The van der Waals surface area contributed by atoms with Crippen LogP contribution in [0.2, 0.25) is 5.02 Å². The van der Waals surface area contributed by atoms with Crippen LogP contribution in [0.1, 0.15) is 0 Å². The van der Waals surface area contributed by atoms with Gasteiger partial charge in [-0.1, -0.05) is 11.6 Å². The number of halogens is 1. The number of ether oxygens (including phenoxy) is 1. The monoisotopic (exact) mass is 334 g/mol. The fourth-order valence-electron chi connectivity index (χ4n) is 1.95. The molecule has 1 fully saturated rings. The average molecular weight is 335 g/mol. The molecule has 0 unspecified atom stereocenters. The molecule has 1 heterocycles. The third kappa shape index (κ3) is 3.85. The molecule has 0 aliphatic carbocycles. The Balaban J connectivity index is 2.34. The van der Waals surface area contributed by atoms with Gasteiger partial charge >= 0.3 is 16.2 Å². The highest BCUT2D eigenvalue weighted by Crippen LogP contribution is 2.23. The number of nitrogens with zero attached hydrogens (tertiary/aromatic N) is 2. The Kier molecular flexibility index (Phi) is 5.04. The molecular weight excluding hydrogens is 320 g/mol. The Labute approximate surface area is 127 Å². The molecule has 2 rings (SSSR count). The third-order valence-corrected chi connectivity index (χ3v) is 5.13. The first kappa shape index (κ1) is 16.0. The molecule has 1 aliphatic rings. The van der Waals surface area contributed by atoms with Crippen LogP contribution in [0.4, 0.5) is 5.69 Å². The minimum Gasteiger partial charge on any atom is -0.480 e. The summed E-state index contributed by atoms with van der Waals surface area (Å²) in [5.74, 6) is -1.23. The summed E-state index contributed by atoms with van der Waals surface area (Å²) in [5, 5.41) is 9.43. The van der Waals surface area contributed by atoms with E-state index in [4.69, 9.17) is 21.4 Å². The van der Waals surface area contributed by atoms with E-state index in [0.717, 1.165) is 4.31 Å². The van der Waals surface area contributed by atoms with E-state index in [2.05, 4.69) is 0 Å². The van der Waals surface area contributed by atoms with Crippen molar-refractivity contribution in [1.29, 1.82) is 0 Å². The van der Waals surface area contributed by atoms with Crippen molar-refractivity contribution in [3.63, 3.8) is 0 Å². The first-order chi connectivity index (χ1) is 9.91. The molecule has 1 aliphatic heterocycles. The van der Waals surface area contributed by atoms with E-state index in [1.54, 1.807) is 0 Å². The summed E-state index contributed by atoms with van der Waals surface area (Å²) in [6.45, 7) is 0.334. The number of hydrogen-bond donors (Lipinski definition) is 1. The van der Waals surface area contributed by atoms with Crippen LogP contribution >= 0.6 is 11.6 Å². The Hall–Kier alpha value is -1.35. The van der Waals surface area contributed by atoms with Crippen LogP contribution in [0.15, 0.2) is 24.3 Å². The van der Waals surface area contributed by atoms with Crippen LogP contribution in [0.3, 0.4) is 0 Å². The number of hydrogen-bond acceptors (Lipinski definition) is 4. The van der Waals surface area contributed by atoms with Gasteiger partial charge < -0.3 is 9.84 Å². The molecule has 1 aromatic rings. The highest BCUT2D eigenvalue weighted by Gasteiger charge is 2.32. The first-order valence-corrected chi connectivity index (χ1v) is 8.01. The molecule has 1 aromatic carbocycles. The maximum Gasteiger partial charge on any atom is 0.324 e. The summed E-state index contributed by atoms with van der Waals surface area (Å²) >= 11 is 5.77. The molecule has 0 saturated carbocycles. The predicted molar refractivity (Wildman–Crippen MR) is 77.7 cm³/mol. The fraction of sp³-hybridized carbons (Fsp3) is 0.417. The number of benzene rings is 1. The zero-order valence-electron chi connectivity index (χ0n) is 11.1. The van der Waals surface area contributed by atoms with Crippen molar-refractivity contribution in [2.24, 2.45) is 0 Å². The van der Waals surface area contributed by atoms with E-state index < -0.39 is 22.7 Å². The van der Waals surface area contributed by atoms with E-state index in [1.165, 1.54) is 28.6 Å². The summed E-state index contributed by atoms with van der Waals surface area (Å²) in [7, 11) is -3.92. The normalized spacial score (nSPS) is 16.6. The van der Waals surface area contributed by atoms with Crippen molar-refractivity contribution in [3.05, 3.63) is 29.3 Å². The van der Waals surface area contributed by atoms with Gasteiger partial charge in [0, 0.05) is 18.1 Å². The lowest BCUT2D eigenvalue weighted by Gasteiger charge is -2.32. The molecule has 0 radical (unpaired) electrons. The van der Waals surface area contributed by atoms with Crippen LogP contribution < -0.4 is 4.31 Å². The zero-order chi connectivity index (χ0) is 15.5. The van der Waals surface area contributed by atoms with Crippen molar-refractivity contribution >= 4 is 33.5 Å². The molecule has 1 N–H and O–H groups in total. The molecule has 0 spiro atoms. The zero-order valence-corrected chi connectivity index (χ0v) is 12.7. The number of anilines is 1. The Morgan fingerprint density at radius 2 is 1.86 bits per heavy atom.